The molecule has 1 aromatic rings. The Morgan fingerprint density at radius 1 is 1.54 bits per heavy atom. The molecule has 0 saturated carbocycles. The first kappa shape index (κ1) is 9.71. The zero-order valence-electron chi connectivity index (χ0n) is 7.54. The second-order valence-corrected chi connectivity index (χ2v) is 3.18. The van der Waals surface area contributed by atoms with Crippen molar-refractivity contribution in [2.75, 3.05) is 0 Å². The van der Waals surface area contributed by atoms with Crippen LogP contribution < -0.4 is 0 Å². The van der Waals surface area contributed by atoms with Gasteiger partial charge in [0.05, 0.1) is 0 Å². The summed E-state index contributed by atoms with van der Waals surface area (Å²) in [5.74, 6) is -1.46. The summed E-state index contributed by atoms with van der Waals surface area (Å²) in [7, 11) is 0. The molecule has 70 valence electrons. The summed E-state index contributed by atoms with van der Waals surface area (Å²) in [6, 6.07) is 6.45. The summed E-state index contributed by atoms with van der Waals surface area (Å²) in [4.78, 5) is 10.6. The third-order valence-corrected chi connectivity index (χ3v) is 1.96. The highest BCUT2D eigenvalue weighted by Crippen LogP contribution is 2.26. The van der Waals surface area contributed by atoms with Gasteiger partial charge in [0.1, 0.15) is 0 Å². The van der Waals surface area contributed by atoms with Gasteiger partial charge in [-0.1, -0.05) is 29.8 Å². The highest BCUT2D eigenvalue weighted by molar-refractivity contribution is 5.78. The summed E-state index contributed by atoms with van der Waals surface area (Å²) < 4.78 is 13.5. The number of aryl methyl sites for hydroxylation is 1. The van der Waals surface area contributed by atoms with Gasteiger partial charge in [-0.25, -0.2) is 9.18 Å². The Morgan fingerprint density at radius 2 is 2.15 bits per heavy atom. The molecule has 1 N–H and O–H groups in total. The number of carboxylic acid groups (broad SMARTS) is 1. The monoisotopic (exact) mass is 182 g/mol. The van der Waals surface area contributed by atoms with Gasteiger partial charge in [-0.2, -0.15) is 0 Å². The van der Waals surface area contributed by atoms with Gasteiger partial charge >= 0.3 is 5.97 Å². The van der Waals surface area contributed by atoms with E-state index >= 15 is 0 Å². The van der Waals surface area contributed by atoms with Crippen LogP contribution in [0.3, 0.4) is 0 Å². The lowest BCUT2D eigenvalue weighted by atomic mass is 9.97. The SMILES string of the molecule is Cc1cccc(C(C)(F)C(=O)O)c1. The number of rotatable bonds is 2. The number of benzene rings is 1. The Kier molecular flexibility index (Phi) is 2.36. The Labute approximate surface area is 76.0 Å². The molecule has 0 radical (unpaired) electrons. The first-order valence-electron chi connectivity index (χ1n) is 3.94. The molecule has 0 fully saturated rings. The van der Waals surface area contributed by atoms with Crippen LogP contribution in [0.15, 0.2) is 24.3 Å². The Bertz CT molecular complexity index is 331. The number of hydrogen-bond acceptors (Lipinski definition) is 1. The summed E-state index contributed by atoms with van der Waals surface area (Å²) in [6.45, 7) is 2.84. The molecular weight excluding hydrogens is 171 g/mol. The number of aliphatic carboxylic acids is 1. The lowest BCUT2D eigenvalue weighted by Gasteiger charge is -2.15. The first-order valence-corrected chi connectivity index (χ1v) is 3.94. The molecule has 2 nitrogen and oxygen atoms in total. The summed E-state index contributed by atoms with van der Waals surface area (Å²) in [5.41, 5.74) is -1.27. The molecule has 0 heterocycles. The van der Waals surface area contributed by atoms with E-state index in [2.05, 4.69) is 0 Å². The molecule has 0 amide bonds. The van der Waals surface area contributed by atoms with E-state index in [4.69, 9.17) is 5.11 Å². The number of carboxylic acids is 1. The van der Waals surface area contributed by atoms with E-state index in [1.54, 1.807) is 19.1 Å². The maximum absolute atomic E-state index is 13.5. The second kappa shape index (κ2) is 3.17. The van der Waals surface area contributed by atoms with Gasteiger partial charge in [0.2, 0.25) is 5.67 Å². The van der Waals surface area contributed by atoms with Crippen LogP contribution >= 0.6 is 0 Å². The quantitative estimate of drug-likeness (QED) is 0.761. The minimum absolute atomic E-state index is 0.181. The first-order chi connectivity index (χ1) is 5.94. The summed E-state index contributed by atoms with van der Waals surface area (Å²) in [6.07, 6.45) is 0. The maximum atomic E-state index is 13.5. The van der Waals surface area contributed by atoms with Crippen molar-refractivity contribution in [1.29, 1.82) is 0 Å². The molecule has 1 atom stereocenters. The van der Waals surface area contributed by atoms with Crippen molar-refractivity contribution in [2.45, 2.75) is 19.5 Å². The van der Waals surface area contributed by atoms with E-state index in [1.807, 2.05) is 0 Å². The van der Waals surface area contributed by atoms with Crippen molar-refractivity contribution in [2.24, 2.45) is 0 Å². The molecule has 0 saturated heterocycles. The average Bonchev–Trinajstić information content (AvgIpc) is 2.04. The van der Waals surface area contributed by atoms with Gasteiger partial charge in [0, 0.05) is 5.56 Å². The molecular formula is C10H11FO2. The van der Waals surface area contributed by atoms with Crippen LogP contribution in [0, 0.1) is 6.92 Å². The van der Waals surface area contributed by atoms with Crippen molar-refractivity contribution in [1.82, 2.24) is 0 Å². The number of halogens is 1. The third-order valence-electron chi connectivity index (χ3n) is 1.96. The molecule has 13 heavy (non-hydrogen) atoms. The third kappa shape index (κ3) is 1.86. The minimum Gasteiger partial charge on any atom is -0.479 e. The average molecular weight is 182 g/mol. The van der Waals surface area contributed by atoms with Crippen LogP contribution in [-0.2, 0) is 10.5 Å². The smallest absolute Gasteiger partial charge is 0.345 e. The maximum Gasteiger partial charge on any atom is 0.345 e. The van der Waals surface area contributed by atoms with Gasteiger partial charge < -0.3 is 5.11 Å². The zero-order chi connectivity index (χ0) is 10.1. The second-order valence-electron chi connectivity index (χ2n) is 3.18. The van der Waals surface area contributed by atoms with Crippen LogP contribution in [0.5, 0.6) is 0 Å². The van der Waals surface area contributed by atoms with E-state index in [0.29, 0.717) is 0 Å². The van der Waals surface area contributed by atoms with E-state index in [9.17, 15) is 9.18 Å². The highest BCUT2D eigenvalue weighted by Gasteiger charge is 2.34. The van der Waals surface area contributed by atoms with Crippen LogP contribution in [0.1, 0.15) is 18.1 Å². The van der Waals surface area contributed by atoms with Gasteiger partial charge in [-0.05, 0) is 13.8 Å². The van der Waals surface area contributed by atoms with Crippen molar-refractivity contribution < 1.29 is 14.3 Å². The number of carbonyl (C=O) groups is 1. The van der Waals surface area contributed by atoms with Gasteiger partial charge in [-0.3, -0.25) is 0 Å². The van der Waals surface area contributed by atoms with E-state index in [-0.39, 0.29) is 5.56 Å². The predicted octanol–water partition coefficient (Wildman–Crippen LogP) is 2.26. The minimum atomic E-state index is -2.30. The van der Waals surface area contributed by atoms with Gasteiger partial charge in [0.15, 0.2) is 0 Å². The van der Waals surface area contributed by atoms with E-state index in [1.165, 1.54) is 12.1 Å². The van der Waals surface area contributed by atoms with E-state index in [0.717, 1.165) is 12.5 Å². The topological polar surface area (TPSA) is 37.3 Å². The summed E-state index contributed by atoms with van der Waals surface area (Å²) in [5, 5.41) is 8.61. The van der Waals surface area contributed by atoms with Crippen molar-refractivity contribution >= 4 is 5.97 Å². The molecule has 1 unspecified atom stereocenters. The highest BCUT2D eigenvalue weighted by atomic mass is 19.1. The van der Waals surface area contributed by atoms with Crippen molar-refractivity contribution in [3.8, 4) is 0 Å². The molecule has 0 aromatic heterocycles. The normalized spacial score (nSPS) is 15.0. The van der Waals surface area contributed by atoms with Crippen LogP contribution in [0.25, 0.3) is 0 Å². The molecule has 0 aliphatic rings. The largest absolute Gasteiger partial charge is 0.479 e. The summed E-state index contributed by atoms with van der Waals surface area (Å²) >= 11 is 0. The number of hydrogen-bond donors (Lipinski definition) is 1. The molecule has 1 rings (SSSR count). The molecule has 1 aromatic carbocycles. The fraction of sp³-hybridized carbons (Fsp3) is 0.300. The zero-order valence-corrected chi connectivity index (χ0v) is 7.54. The lowest BCUT2D eigenvalue weighted by Crippen LogP contribution is -2.26. The van der Waals surface area contributed by atoms with Gasteiger partial charge in [-0.15, -0.1) is 0 Å². The molecule has 0 aliphatic carbocycles. The molecule has 0 bridgehead atoms. The van der Waals surface area contributed by atoms with Crippen molar-refractivity contribution in [3.05, 3.63) is 35.4 Å². The van der Waals surface area contributed by atoms with Gasteiger partial charge in [0.25, 0.3) is 0 Å². The fourth-order valence-electron chi connectivity index (χ4n) is 1.06. The van der Waals surface area contributed by atoms with Crippen molar-refractivity contribution in [3.63, 3.8) is 0 Å². The molecule has 0 spiro atoms. The standard InChI is InChI=1S/C10H11FO2/c1-7-4-3-5-8(6-7)10(2,11)9(12)13/h3-6H,1-2H3,(H,12,13). The Hall–Kier alpha value is -1.38. The van der Waals surface area contributed by atoms with Crippen LogP contribution in [0.4, 0.5) is 4.39 Å². The fourth-order valence-corrected chi connectivity index (χ4v) is 1.06. The van der Waals surface area contributed by atoms with Crippen LogP contribution in [-0.4, -0.2) is 11.1 Å². The van der Waals surface area contributed by atoms with Crippen LogP contribution in [0.2, 0.25) is 0 Å². The van der Waals surface area contributed by atoms with E-state index < -0.39 is 11.6 Å². The molecule has 0 aliphatic heterocycles. The number of alkyl halides is 1. The predicted molar refractivity (Wildman–Crippen MR) is 47.3 cm³/mol. The lowest BCUT2D eigenvalue weighted by molar-refractivity contribution is -0.150. The Balaban J connectivity index is 3.14. The Morgan fingerprint density at radius 3 is 2.62 bits per heavy atom. The molecule has 3 heteroatoms.